The summed E-state index contributed by atoms with van der Waals surface area (Å²) >= 11 is 0. The quantitative estimate of drug-likeness (QED) is 0.784. The minimum Gasteiger partial charge on any atom is -0.367 e. The molecule has 0 bridgehead atoms. The van der Waals surface area contributed by atoms with Crippen LogP contribution in [0.1, 0.15) is 44.3 Å². The van der Waals surface area contributed by atoms with Crippen molar-refractivity contribution in [3.05, 3.63) is 36.3 Å². The Balaban J connectivity index is 1.58. The zero-order chi connectivity index (χ0) is 21.7. The molecule has 0 unspecified atom stereocenters. The Morgan fingerprint density at radius 1 is 1.30 bits per heavy atom. The van der Waals surface area contributed by atoms with E-state index in [1.807, 2.05) is 13.8 Å². The molecular weight excluding hydrogens is 419 g/mol. The maximum Gasteiger partial charge on any atom is 0.410 e. The lowest BCUT2D eigenvalue weighted by Crippen LogP contribution is -2.41. The molecule has 0 amide bonds. The van der Waals surface area contributed by atoms with Crippen molar-refractivity contribution in [2.24, 2.45) is 5.92 Å². The van der Waals surface area contributed by atoms with Crippen LogP contribution in [0.5, 0.6) is 0 Å². The van der Waals surface area contributed by atoms with E-state index in [1.165, 1.54) is 22.8 Å². The highest BCUT2D eigenvalue weighted by Crippen LogP contribution is 2.42. The van der Waals surface area contributed by atoms with Gasteiger partial charge in [0.05, 0.1) is 5.69 Å². The lowest BCUT2D eigenvalue weighted by Gasteiger charge is -2.35. The van der Waals surface area contributed by atoms with Gasteiger partial charge in [0, 0.05) is 43.5 Å². The third kappa shape index (κ3) is 3.80. The molecule has 1 saturated heterocycles. The summed E-state index contributed by atoms with van der Waals surface area (Å²) in [4.78, 5) is 3.96. The van der Waals surface area contributed by atoms with Crippen LogP contribution < -0.4 is 5.32 Å². The van der Waals surface area contributed by atoms with Gasteiger partial charge in [-0.2, -0.15) is 22.6 Å². The number of hydrogen-bond acceptors (Lipinski definition) is 5. The van der Waals surface area contributed by atoms with Crippen molar-refractivity contribution in [1.29, 1.82) is 0 Å². The van der Waals surface area contributed by atoms with E-state index < -0.39 is 22.2 Å². The van der Waals surface area contributed by atoms with Gasteiger partial charge in [0.2, 0.25) is 10.0 Å². The average Bonchev–Trinajstić information content (AvgIpc) is 3.34. The van der Waals surface area contributed by atoms with Gasteiger partial charge in [-0.15, -0.1) is 0 Å². The molecule has 164 valence electrons. The summed E-state index contributed by atoms with van der Waals surface area (Å²) in [6.45, 7) is 4.24. The van der Waals surface area contributed by atoms with Gasteiger partial charge in [-0.25, -0.2) is 13.1 Å². The molecule has 11 heteroatoms. The molecule has 0 spiro atoms. The van der Waals surface area contributed by atoms with E-state index in [1.54, 1.807) is 12.1 Å². The number of pyridine rings is 1. The number of nitrogens with one attached hydrogen (secondary N) is 1. The van der Waals surface area contributed by atoms with Gasteiger partial charge in [0.15, 0.2) is 6.04 Å². The highest BCUT2D eigenvalue weighted by molar-refractivity contribution is 7.89. The first kappa shape index (κ1) is 21.1. The predicted octanol–water partition coefficient (Wildman–Crippen LogP) is 3.40. The fraction of sp³-hybridized carbons (Fsp3) is 0.579. The number of anilines is 1. The second-order valence-electron chi connectivity index (χ2n) is 8.22. The number of halogens is 3. The zero-order valence-corrected chi connectivity index (χ0v) is 17.5. The van der Waals surface area contributed by atoms with E-state index in [0.717, 1.165) is 4.68 Å². The standard InChI is InChI=1S/C19H24F3N5O2S/c1-12(2)15-8-17(19(20,21)22)27-18(24-15)9-16(25-27)13-5-7-26(11-13)30(28,29)14-4-3-6-23-10-14/h3-4,6,9-10,12-13,15,17,24H,5,7-8,11H2,1-2H3/t13-,15-,17+/m0/s1. The van der Waals surface area contributed by atoms with Gasteiger partial charge >= 0.3 is 6.18 Å². The van der Waals surface area contributed by atoms with Crippen LogP contribution in [0.2, 0.25) is 0 Å². The molecule has 4 heterocycles. The van der Waals surface area contributed by atoms with Crippen LogP contribution in [0.15, 0.2) is 35.5 Å². The van der Waals surface area contributed by atoms with Crippen molar-refractivity contribution in [1.82, 2.24) is 19.1 Å². The molecular formula is C19H24F3N5O2S. The second kappa shape index (κ2) is 7.52. The van der Waals surface area contributed by atoms with Crippen molar-refractivity contribution in [3.8, 4) is 0 Å². The number of nitrogens with zero attached hydrogens (tertiary/aromatic N) is 4. The zero-order valence-electron chi connectivity index (χ0n) is 16.7. The SMILES string of the molecule is CC(C)[C@@H]1C[C@H](C(F)(F)F)n2nc([C@H]3CCN(S(=O)(=O)c4cccnc4)C3)cc2N1. The van der Waals surface area contributed by atoms with Crippen LogP contribution in [-0.2, 0) is 10.0 Å². The molecule has 2 aliphatic heterocycles. The molecule has 0 aliphatic carbocycles. The molecule has 1 N–H and O–H groups in total. The van der Waals surface area contributed by atoms with Crippen LogP contribution in [0.25, 0.3) is 0 Å². The summed E-state index contributed by atoms with van der Waals surface area (Å²) in [7, 11) is -3.70. The van der Waals surface area contributed by atoms with Crippen LogP contribution in [0, 0.1) is 5.92 Å². The summed E-state index contributed by atoms with van der Waals surface area (Å²) in [6.07, 6.45) is -1.20. The Kier molecular flexibility index (Phi) is 5.29. The van der Waals surface area contributed by atoms with Gasteiger partial charge in [-0.05, 0) is 30.9 Å². The fourth-order valence-corrected chi connectivity index (χ4v) is 5.56. The van der Waals surface area contributed by atoms with Crippen molar-refractivity contribution in [2.45, 2.75) is 55.8 Å². The van der Waals surface area contributed by atoms with E-state index in [4.69, 9.17) is 0 Å². The van der Waals surface area contributed by atoms with Crippen LogP contribution in [-0.4, -0.2) is 52.8 Å². The molecule has 4 rings (SSSR count). The van der Waals surface area contributed by atoms with E-state index in [0.29, 0.717) is 17.9 Å². The van der Waals surface area contributed by atoms with Gasteiger partial charge in [-0.3, -0.25) is 4.98 Å². The minimum atomic E-state index is -4.40. The third-order valence-corrected chi connectivity index (χ3v) is 7.73. The lowest BCUT2D eigenvalue weighted by atomic mass is 9.94. The van der Waals surface area contributed by atoms with Crippen molar-refractivity contribution < 1.29 is 21.6 Å². The maximum atomic E-state index is 13.7. The van der Waals surface area contributed by atoms with Crippen LogP contribution >= 0.6 is 0 Å². The summed E-state index contributed by atoms with van der Waals surface area (Å²) < 4.78 is 69.0. The topological polar surface area (TPSA) is 80.1 Å². The Bertz CT molecular complexity index is 1010. The van der Waals surface area contributed by atoms with Crippen LogP contribution in [0.4, 0.5) is 19.0 Å². The third-order valence-electron chi connectivity index (χ3n) is 5.88. The molecule has 0 saturated carbocycles. The first-order valence-electron chi connectivity index (χ1n) is 9.90. The summed E-state index contributed by atoms with van der Waals surface area (Å²) in [6, 6.07) is 2.68. The molecule has 0 aromatic carbocycles. The summed E-state index contributed by atoms with van der Waals surface area (Å²) in [5.74, 6) is 0.113. The van der Waals surface area contributed by atoms with Crippen LogP contribution in [0.3, 0.4) is 0 Å². The Morgan fingerprint density at radius 2 is 2.07 bits per heavy atom. The molecule has 2 aliphatic rings. The second-order valence-corrected chi connectivity index (χ2v) is 10.2. The predicted molar refractivity (Wildman–Crippen MR) is 105 cm³/mol. The van der Waals surface area contributed by atoms with E-state index in [-0.39, 0.29) is 42.3 Å². The first-order chi connectivity index (χ1) is 14.1. The summed E-state index contributed by atoms with van der Waals surface area (Å²) in [5.41, 5.74) is 0.486. The van der Waals surface area contributed by atoms with Gasteiger partial charge < -0.3 is 5.32 Å². The van der Waals surface area contributed by atoms with Gasteiger partial charge in [-0.1, -0.05) is 13.8 Å². The molecule has 1 fully saturated rings. The normalized spacial score (nSPS) is 25.3. The number of alkyl halides is 3. The fourth-order valence-electron chi connectivity index (χ4n) is 4.10. The highest BCUT2D eigenvalue weighted by Gasteiger charge is 2.47. The monoisotopic (exact) mass is 443 g/mol. The maximum absolute atomic E-state index is 13.7. The molecule has 30 heavy (non-hydrogen) atoms. The molecule has 7 nitrogen and oxygen atoms in total. The highest BCUT2D eigenvalue weighted by atomic mass is 32.2. The average molecular weight is 443 g/mol. The van der Waals surface area contributed by atoms with Crippen molar-refractivity contribution in [3.63, 3.8) is 0 Å². The first-order valence-corrected chi connectivity index (χ1v) is 11.3. The number of fused-ring (bicyclic) bond motifs is 1. The van der Waals surface area contributed by atoms with E-state index in [2.05, 4.69) is 15.4 Å². The number of aromatic nitrogens is 3. The largest absolute Gasteiger partial charge is 0.410 e. The minimum absolute atomic E-state index is 0.0357. The Labute approximate surface area is 173 Å². The number of sulfonamides is 1. The lowest BCUT2D eigenvalue weighted by molar-refractivity contribution is -0.174. The number of hydrogen-bond donors (Lipinski definition) is 1. The molecule has 3 atom stereocenters. The molecule has 2 aromatic rings. The van der Waals surface area contributed by atoms with Crippen molar-refractivity contribution >= 4 is 15.8 Å². The van der Waals surface area contributed by atoms with Crippen molar-refractivity contribution in [2.75, 3.05) is 18.4 Å². The Hall–Kier alpha value is -2.14. The van der Waals surface area contributed by atoms with Gasteiger partial charge in [0.1, 0.15) is 10.7 Å². The smallest absolute Gasteiger partial charge is 0.367 e. The van der Waals surface area contributed by atoms with E-state index in [9.17, 15) is 21.6 Å². The van der Waals surface area contributed by atoms with E-state index >= 15 is 0 Å². The molecule has 2 aromatic heterocycles. The molecule has 0 radical (unpaired) electrons. The Morgan fingerprint density at radius 3 is 2.70 bits per heavy atom. The number of rotatable bonds is 4. The van der Waals surface area contributed by atoms with Gasteiger partial charge in [0.25, 0.3) is 0 Å². The summed E-state index contributed by atoms with van der Waals surface area (Å²) in [5, 5.41) is 7.43.